The van der Waals surface area contributed by atoms with Crippen molar-refractivity contribution in [2.24, 2.45) is 0 Å². The topological polar surface area (TPSA) is 74.3 Å². The van der Waals surface area contributed by atoms with Crippen LogP contribution < -0.4 is 11.2 Å². The number of hydrogen-bond acceptors (Lipinski definition) is 4. The molecule has 16 heavy (non-hydrogen) atoms. The average molecular weight is 224 g/mol. The number of ether oxygens (including phenoxy) is 1. The number of pyridine rings is 1. The van der Waals surface area contributed by atoms with Crippen molar-refractivity contribution in [2.45, 2.75) is 25.8 Å². The predicted molar refractivity (Wildman–Crippen MR) is 61.0 cm³/mol. The maximum absolute atomic E-state index is 11.0. The average Bonchev–Trinajstić information content (AvgIpc) is 2.28. The van der Waals surface area contributed by atoms with Crippen molar-refractivity contribution in [3.8, 4) is 0 Å². The summed E-state index contributed by atoms with van der Waals surface area (Å²) in [4.78, 5) is 21.9. The number of carbonyl (C=O) groups excluding carboxylic acids is 1. The lowest BCUT2D eigenvalue weighted by atomic mass is 10.2. The summed E-state index contributed by atoms with van der Waals surface area (Å²) in [5.41, 5.74) is 5.57. The summed E-state index contributed by atoms with van der Waals surface area (Å²) in [6.45, 7) is 0.738. The molecule has 0 radical (unpaired) electrons. The van der Waals surface area contributed by atoms with Gasteiger partial charge in [0.05, 0.1) is 12.8 Å². The van der Waals surface area contributed by atoms with Gasteiger partial charge in [0.25, 0.3) is 0 Å². The third kappa shape index (κ3) is 3.76. The van der Waals surface area contributed by atoms with Crippen LogP contribution in [0.4, 0.5) is 5.69 Å². The molecule has 0 bridgehead atoms. The van der Waals surface area contributed by atoms with E-state index in [0.29, 0.717) is 6.42 Å². The molecule has 0 aliphatic carbocycles. The number of nitrogen functional groups attached to an aromatic ring is 1. The standard InChI is InChI=1S/C11H16N2O3/c1-16-11(15)4-2-3-6-13-7-5-10(14)9(12)8-13/h5,7-8H,2-4,6,12H2,1H3. The number of aromatic nitrogens is 1. The summed E-state index contributed by atoms with van der Waals surface area (Å²) in [7, 11) is 1.38. The van der Waals surface area contributed by atoms with Crippen LogP contribution in [0.2, 0.25) is 0 Å². The number of anilines is 1. The molecular weight excluding hydrogens is 208 g/mol. The highest BCUT2D eigenvalue weighted by Crippen LogP contribution is 2.01. The normalized spacial score (nSPS) is 10.1. The first-order chi connectivity index (χ1) is 7.63. The van der Waals surface area contributed by atoms with Gasteiger partial charge in [-0.1, -0.05) is 0 Å². The van der Waals surface area contributed by atoms with Crippen LogP contribution >= 0.6 is 0 Å². The Bertz CT molecular complexity index is 412. The Morgan fingerprint density at radius 2 is 2.25 bits per heavy atom. The SMILES string of the molecule is COC(=O)CCCCn1ccc(=O)c(N)c1. The highest BCUT2D eigenvalue weighted by molar-refractivity contribution is 5.68. The molecule has 0 saturated carbocycles. The summed E-state index contributed by atoms with van der Waals surface area (Å²) in [6.07, 6.45) is 5.33. The van der Waals surface area contributed by atoms with E-state index in [-0.39, 0.29) is 17.1 Å². The van der Waals surface area contributed by atoms with Gasteiger partial charge in [-0.2, -0.15) is 0 Å². The van der Waals surface area contributed by atoms with E-state index in [9.17, 15) is 9.59 Å². The van der Waals surface area contributed by atoms with Crippen molar-refractivity contribution in [3.05, 3.63) is 28.7 Å². The zero-order valence-electron chi connectivity index (χ0n) is 9.31. The second kappa shape index (κ2) is 5.95. The minimum absolute atomic E-state index is 0.161. The van der Waals surface area contributed by atoms with Gasteiger partial charge in [-0.3, -0.25) is 9.59 Å². The molecule has 0 aromatic carbocycles. The summed E-state index contributed by atoms with van der Waals surface area (Å²) >= 11 is 0. The Labute approximate surface area is 93.8 Å². The number of unbranched alkanes of at least 4 members (excludes halogenated alkanes) is 1. The number of aryl methyl sites for hydroxylation is 1. The van der Waals surface area contributed by atoms with Crippen LogP contribution in [0, 0.1) is 0 Å². The van der Waals surface area contributed by atoms with Crippen molar-refractivity contribution in [1.29, 1.82) is 0 Å². The molecule has 0 atom stereocenters. The van der Waals surface area contributed by atoms with Gasteiger partial charge in [0.2, 0.25) is 5.43 Å². The van der Waals surface area contributed by atoms with Crippen LogP contribution in [-0.2, 0) is 16.1 Å². The van der Waals surface area contributed by atoms with Gasteiger partial charge in [0.15, 0.2) is 0 Å². The zero-order valence-corrected chi connectivity index (χ0v) is 9.31. The molecule has 1 aromatic heterocycles. The molecule has 1 heterocycles. The first-order valence-corrected chi connectivity index (χ1v) is 5.16. The van der Waals surface area contributed by atoms with Crippen molar-refractivity contribution >= 4 is 11.7 Å². The fraction of sp³-hybridized carbons (Fsp3) is 0.455. The number of nitrogens with zero attached hydrogens (tertiary/aromatic N) is 1. The molecule has 5 heteroatoms. The first-order valence-electron chi connectivity index (χ1n) is 5.16. The van der Waals surface area contributed by atoms with Crippen molar-refractivity contribution in [3.63, 3.8) is 0 Å². The molecule has 0 saturated heterocycles. The molecule has 2 N–H and O–H groups in total. The second-order valence-corrected chi connectivity index (χ2v) is 3.54. The Kier molecular flexibility index (Phi) is 4.57. The van der Waals surface area contributed by atoms with Crippen molar-refractivity contribution < 1.29 is 9.53 Å². The van der Waals surface area contributed by atoms with E-state index in [0.717, 1.165) is 19.4 Å². The highest BCUT2D eigenvalue weighted by Gasteiger charge is 2.00. The Morgan fingerprint density at radius 1 is 1.50 bits per heavy atom. The van der Waals surface area contributed by atoms with Crippen LogP contribution in [0.3, 0.4) is 0 Å². The monoisotopic (exact) mass is 224 g/mol. The van der Waals surface area contributed by atoms with Crippen molar-refractivity contribution in [1.82, 2.24) is 4.57 Å². The van der Waals surface area contributed by atoms with Crippen LogP contribution in [0.25, 0.3) is 0 Å². The molecule has 0 spiro atoms. The van der Waals surface area contributed by atoms with Gasteiger partial charge in [-0.05, 0) is 12.8 Å². The van der Waals surface area contributed by atoms with E-state index in [2.05, 4.69) is 4.74 Å². The zero-order chi connectivity index (χ0) is 12.0. The smallest absolute Gasteiger partial charge is 0.305 e. The first kappa shape index (κ1) is 12.3. The second-order valence-electron chi connectivity index (χ2n) is 3.54. The number of methoxy groups -OCH3 is 1. The Hall–Kier alpha value is -1.78. The fourth-order valence-corrected chi connectivity index (χ4v) is 1.35. The van der Waals surface area contributed by atoms with Gasteiger partial charge in [-0.15, -0.1) is 0 Å². The van der Waals surface area contributed by atoms with Crippen LogP contribution in [0.15, 0.2) is 23.3 Å². The summed E-state index contributed by atoms with van der Waals surface area (Å²) in [5, 5.41) is 0. The molecule has 88 valence electrons. The third-order valence-electron chi connectivity index (χ3n) is 2.28. The van der Waals surface area contributed by atoms with Crippen LogP contribution in [0.1, 0.15) is 19.3 Å². The lowest BCUT2D eigenvalue weighted by molar-refractivity contribution is -0.140. The molecule has 0 aliphatic rings. The predicted octanol–water partition coefficient (Wildman–Crippen LogP) is 0.774. The van der Waals surface area contributed by atoms with Crippen molar-refractivity contribution in [2.75, 3.05) is 12.8 Å². The van der Waals surface area contributed by atoms with Gasteiger partial charge in [0.1, 0.15) is 0 Å². The molecule has 1 rings (SSSR count). The number of nitrogens with two attached hydrogens (primary N) is 1. The molecular formula is C11H16N2O3. The highest BCUT2D eigenvalue weighted by atomic mass is 16.5. The van der Waals surface area contributed by atoms with E-state index >= 15 is 0 Å². The minimum atomic E-state index is -0.195. The van der Waals surface area contributed by atoms with Gasteiger partial charge < -0.3 is 15.0 Å². The number of hydrogen-bond donors (Lipinski definition) is 1. The lowest BCUT2D eigenvalue weighted by Crippen LogP contribution is -2.11. The maximum atomic E-state index is 11.0. The maximum Gasteiger partial charge on any atom is 0.305 e. The molecule has 0 amide bonds. The third-order valence-corrected chi connectivity index (χ3v) is 2.28. The molecule has 0 fully saturated rings. The summed E-state index contributed by atoms with van der Waals surface area (Å²) in [5.74, 6) is -0.195. The van der Waals surface area contributed by atoms with E-state index in [4.69, 9.17) is 5.73 Å². The number of rotatable bonds is 5. The quantitative estimate of drug-likeness (QED) is 0.592. The molecule has 5 nitrogen and oxygen atoms in total. The number of carbonyl (C=O) groups is 1. The van der Waals surface area contributed by atoms with E-state index < -0.39 is 0 Å². The van der Waals surface area contributed by atoms with Crippen LogP contribution in [-0.4, -0.2) is 17.6 Å². The summed E-state index contributed by atoms with van der Waals surface area (Å²) < 4.78 is 6.37. The molecule has 0 unspecified atom stereocenters. The Morgan fingerprint density at radius 3 is 2.88 bits per heavy atom. The lowest BCUT2D eigenvalue weighted by Gasteiger charge is -2.06. The minimum Gasteiger partial charge on any atom is -0.469 e. The van der Waals surface area contributed by atoms with E-state index in [1.165, 1.54) is 13.2 Å². The molecule has 0 aliphatic heterocycles. The van der Waals surface area contributed by atoms with Crippen LogP contribution in [0.5, 0.6) is 0 Å². The van der Waals surface area contributed by atoms with Gasteiger partial charge in [0, 0.05) is 31.4 Å². The summed E-state index contributed by atoms with van der Waals surface area (Å²) in [6, 6.07) is 1.44. The number of esters is 1. The fourth-order valence-electron chi connectivity index (χ4n) is 1.35. The van der Waals surface area contributed by atoms with E-state index in [1.807, 2.05) is 4.57 Å². The van der Waals surface area contributed by atoms with Gasteiger partial charge in [-0.25, -0.2) is 0 Å². The largest absolute Gasteiger partial charge is 0.469 e. The van der Waals surface area contributed by atoms with E-state index in [1.54, 1.807) is 12.4 Å². The Balaban J connectivity index is 2.35. The van der Waals surface area contributed by atoms with Gasteiger partial charge >= 0.3 is 5.97 Å². The molecule has 1 aromatic rings.